The van der Waals surface area contributed by atoms with Gasteiger partial charge in [0.25, 0.3) is 0 Å². The van der Waals surface area contributed by atoms with Crippen LogP contribution in [0.2, 0.25) is 10.2 Å². The van der Waals surface area contributed by atoms with Crippen LogP contribution in [0.3, 0.4) is 0 Å². The van der Waals surface area contributed by atoms with Crippen LogP contribution in [0.5, 0.6) is 0 Å². The third-order valence-electron chi connectivity index (χ3n) is 5.23. The number of rotatable bonds is 3. The molecule has 1 aliphatic rings. The van der Waals surface area contributed by atoms with Gasteiger partial charge >= 0.3 is 0 Å². The Hall–Kier alpha value is -3.04. The quantitative estimate of drug-likeness (QED) is 0.521. The molecule has 1 N–H and O–H groups in total. The summed E-state index contributed by atoms with van der Waals surface area (Å²) in [5.74, 6) is -0.167. The number of halogens is 2. The second-order valence-corrected chi connectivity index (χ2v) is 8.57. The van der Waals surface area contributed by atoms with E-state index in [0.29, 0.717) is 33.7 Å². The number of fused-ring (bicyclic) bond motifs is 3. The highest BCUT2D eigenvalue weighted by Gasteiger charge is 2.43. The number of amides is 1. The number of anilines is 1. The Bertz CT molecular complexity index is 1280. The van der Waals surface area contributed by atoms with Crippen LogP contribution in [-0.2, 0) is 10.2 Å². The molecule has 1 amide bonds. The Kier molecular flexibility index (Phi) is 4.26. The molecule has 0 saturated heterocycles. The van der Waals surface area contributed by atoms with Crippen molar-refractivity contribution in [1.82, 2.24) is 34.6 Å². The Morgan fingerprint density at radius 1 is 1.17 bits per heavy atom. The van der Waals surface area contributed by atoms with Crippen LogP contribution in [0, 0.1) is 0 Å². The van der Waals surface area contributed by atoms with Gasteiger partial charge in [0.05, 0.1) is 40.9 Å². The summed E-state index contributed by atoms with van der Waals surface area (Å²) in [6.07, 6.45) is 6.94. The van der Waals surface area contributed by atoms with E-state index in [0.717, 1.165) is 11.3 Å². The molecule has 1 atom stereocenters. The molecule has 0 spiro atoms. The Morgan fingerprint density at radius 2 is 1.93 bits per heavy atom. The third-order valence-corrected chi connectivity index (χ3v) is 5.69. The number of nitrogens with zero attached hydrogens (tertiary/aromatic N) is 7. The molecule has 152 valence electrons. The van der Waals surface area contributed by atoms with E-state index < -0.39 is 0 Å². The number of aromatic nitrogens is 7. The molecular formula is C19H16Cl2N8O. The number of pyridine rings is 1. The van der Waals surface area contributed by atoms with E-state index in [4.69, 9.17) is 23.2 Å². The summed E-state index contributed by atoms with van der Waals surface area (Å²) in [7, 11) is 0. The highest BCUT2D eigenvalue weighted by Crippen LogP contribution is 2.46. The van der Waals surface area contributed by atoms with Crippen LogP contribution in [0.4, 0.5) is 5.69 Å². The summed E-state index contributed by atoms with van der Waals surface area (Å²) in [6.45, 7) is 4.16. The topological polar surface area (TPSA) is 103 Å². The molecule has 4 aromatic rings. The minimum absolute atomic E-state index is 0.163. The maximum atomic E-state index is 13.1. The zero-order valence-electron chi connectivity index (χ0n) is 16.0. The first-order chi connectivity index (χ1) is 14.3. The molecule has 1 aliphatic carbocycles. The standard InChI is InChI=1S/C19H16Cl2N8O/c1-19(2)7-11(12-9-22-15-6-14(21)27-28(15)16(12)19)18(30)26-10-5-13(20)17(23-8-10)29-24-3-4-25-29/h3-6,8-9,11H,7H2,1-2H3,(H,26,30)/t11-/m1/s1. The largest absolute Gasteiger partial charge is 0.324 e. The molecular weight excluding hydrogens is 427 g/mol. The maximum Gasteiger partial charge on any atom is 0.232 e. The smallest absolute Gasteiger partial charge is 0.232 e. The van der Waals surface area contributed by atoms with Crippen LogP contribution in [0.1, 0.15) is 37.4 Å². The number of carbonyl (C=O) groups is 1. The van der Waals surface area contributed by atoms with Crippen molar-refractivity contribution in [3.05, 3.63) is 58.4 Å². The van der Waals surface area contributed by atoms with Gasteiger partial charge in [-0.2, -0.15) is 15.3 Å². The van der Waals surface area contributed by atoms with E-state index in [1.54, 1.807) is 22.8 Å². The number of hydrogen-bond acceptors (Lipinski definition) is 6. The van der Waals surface area contributed by atoms with Gasteiger partial charge in [0, 0.05) is 23.2 Å². The summed E-state index contributed by atoms with van der Waals surface area (Å²) in [6, 6.07) is 3.33. The Labute approximate surface area is 181 Å². The number of nitrogens with one attached hydrogen (secondary N) is 1. The van der Waals surface area contributed by atoms with E-state index >= 15 is 0 Å². The van der Waals surface area contributed by atoms with Gasteiger partial charge in [-0.05, 0) is 12.5 Å². The van der Waals surface area contributed by atoms with Gasteiger partial charge in [0.1, 0.15) is 0 Å². The molecule has 0 aromatic carbocycles. The molecule has 0 fully saturated rings. The van der Waals surface area contributed by atoms with Crippen molar-refractivity contribution in [2.75, 3.05) is 5.32 Å². The molecule has 9 nitrogen and oxygen atoms in total. The van der Waals surface area contributed by atoms with Crippen molar-refractivity contribution >= 4 is 40.4 Å². The molecule has 0 aliphatic heterocycles. The summed E-state index contributed by atoms with van der Waals surface area (Å²) in [5.41, 5.74) is 2.64. The molecule has 0 radical (unpaired) electrons. The lowest BCUT2D eigenvalue weighted by Crippen LogP contribution is -2.21. The fourth-order valence-corrected chi connectivity index (χ4v) is 4.42. The highest BCUT2D eigenvalue weighted by molar-refractivity contribution is 6.32. The van der Waals surface area contributed by atoms with Crippen LogP contribution in [-0.4, -0.2) is 40.5 Å². The lowest BCUT2D eigenvalue weighted by Gasteiger charge is -2.19. The third kappa shape index (κ3) is 3.01. The van der Waals surface area contributed by atoms with E-state index in [1.165, 1.54) is 23.4 Å². The monoisotopic (exact) mass is 442 g/mol. The first-order valence-corrected chi connectivity index (χ1v) is 9.97. The van der Waals surface area contributed by atoms with Crippen molar-refractivity contribution in [3.8, 4) is 5.82 Å². The zero-order chi connectivity index (χ0) is 21.0. The fourth-order valence-electron chi connectivity index (χ4n) is 4.00. The van der Waals surface area contributed by atoms with Gasteiger partial charge < -0.3 is 5.32 Å². The van der Waals surface area contributed by atoms with Gasteiger partial charge in [-0.1, -0.05) is 37.0 Å². The molecule has 30 heavy (non-hydrogen) atoms. The van der Waals surface area contributed by atoms with Gasteiger partial charge in [-0.15, -0.1) is 4.80 Å². The van der Waals surface area contributed by atoms with Crippen LogP contribution < -0.4 is 5.32 Å². The van der Waals surface area contributed by atoms with E-state index in [1.807, 2.05) is 0 Å². The van der Waals surface area contributed by atoms with Crippen molar-refractivity contribution in [1.29, 1.82) is 0 Å². The zero-order valence-corrected chi connectivity index (χ0v) is 17.6. The lowest BCUT2D eigenvalue weighted by atomic mass is 9.88. The normalized spacial score (nSPS) is 17.3. The molecule has 5 rings (SSSR count). The maximum absolute atomic E-state index is 13.1. The fraction of sp³-hybridized carbons (Fsp3) is 0.263. The van der Waals surface area contributed by atoms with E-state index in [-0.39, 0.29) is 17.2 Å². The Balaban J connectivity index is 1.46. The minimum atomic E-state index is -0.388. The summed E-state index contributed by atoms with van der Waals surface area (Å²) in [5, 5.41) is 16.0. The second-order valence-electron chi connectivity index (χ2n) is 7.78. The molecule has 0 bridgehead atoms. The molecule has 4 aromatic heterocycles. The van der Waals surface area contributed by atoms with E-state index in [9.17, 15) is 4.79 Å². The van der Waals surface area contributed by atoms with Crippen molar-refractivity contribution < 1.29 is 4.79 Å². The second kappa shape index (κ2) is 6.75. The molecule has 4 heterocycles. The SMILES string of the molecule is CC1(C)C[C@@H](C(=O)Nc2cnc(-n3nccn3)c(Cl)c2)c2cnc3cc(Cl)nn3c21. The average molecular weight is 443 g/mol. The minimum Gasteiger partial charge on any atom is -0.324 e. The van der Waals surface area contributed by atoms with Crippen LogP contribution in [0.15, 0.2) is 36.9 Å². The van der Waals surface area contributed by atoms with E-state index in [2.05, 4.69) is 44.4 Å². The van der Waals surface area contributed by atoms with Gasteiger partial charge in [0.2, 0.25) is 5.91 Å². The number of carbonyl (C=O) groups excluding carboxylic acids is 1. The van der Waals surface area contributed by atoms with Crippen molar-refractivity contribution in [2.45, 2.75) is 31.6 Å². The van der Waals surface area contributed by atoms with Crippen molar-refractivity contribution in [3.63, 3.8) is 0 Å². The van der Waals surface area contributed by atoms with Crippen molar-refractivity contribution in [2.24, 2.45) is 0 Å². The molecule has 0 unspecified atom stereocenters. The van der Waals surface area contributed by atoms with Gasteiger partial charge in [0.15, 0.2) is 16.6 Å². The van der Waals surface area contributed by atoms with Crippen LogP contribution in [0.25, 0.3) is 11.5 Å². The highest BCUT2D eigenvalue weighted by atomic mass is 35.5. The first-order valence-electron chi connectivity index (χ1n) is 9.21. The summed E-state index contributed by atoms with van der Waals surface area (Å²) < 4.78 is 1.73. The van der Waals surface area contributed by atoms with Gasteiger partial charge in [-0.25, -0.2) is 14.5 Å². The molecule has 11 heteroatoms. The Morgan fingerprint density at radius 3 is 2.67 bits per heavy atom. The summed E-state index contributed by atoms with van der Waals surface area (Å²) in [4.78, 5) is 23.1. The number of hydrogen-bond donors (Lipinski definition) is 1. The predicted molar refractivity (Wildman–Crippen MR) is 111 cm³/mol. The summed E-state index contributed by atoms with van der Waals surface area (Å²) >= 11 is 12.4. The van der Waals surface area contributed by atoms with Crippen LogP contribution >= 0.6 is 23.2 Å². The molecule has 0 saturated carbocycles. The predicted octanol–water partition coefficient (Wildman–Crippen LogP) is 3.42. The lowest BCUT2D eigenvalue weighted by molar-refractivity contribution is -0.117. The van der Waals surface area contributed by atoms with Gasteiger partial charge in [-0.3, -0.25) is 4.79 Å². The first kappa shape index (κ1) is 19.0. The average Bonchev–Trinajstić information content (AvgIpc) is 3.39.